The molecule has 9 nitrogen and oxygen atoms in total. The van der Waals surface area contributed by atoms with Gasteiger partial charge in [-0.3, -0.25) is 9.69 Å². The maximum absolute atomic E-state index is 13.9. The van der Waals surface area contributed by atoms with Gasteiger partial charge in [0.1, 0.15) is 11.5 Å². The molecule has 1 unspecified atom stereocenters. The number of aliphatic hydroxyl groups is 2. The van der Waals surface area contributed by atoms with E-state index in [1.165, 1.54) is 0 Å². The zero-order valence-corrected chi connectivity index (χ0v) is 23.2. The molecule has 0 aliphatic carbocycles. The molecule has 39 heavy (non-hydrogen) atoms. The third-order valence-corrected chi connectivity index (χ3v) is 8.29. The van der Waals surface area contributed by atoms with Gasteiger partial charge in [0, 0.05) is 41.9 Å². The minimum absolute atomic E-state index is 0.0287. The molecule has 2 N–H and O–H groups in total. The third-order valence-electron chi connectivity index (χ3n) is 8.29. The molecule has 2 fully saturated rings. The number of fused-ring (bicyclic) bond motifs is 3. The van der Waals surface area contributed by atoms with Crippen LogP contribution in [0.4, 0.5) is 4.79 Å². The first-order valence-corrected chi connectivity index (χ1v) is 13.4. The summed E-state index contributed by atoms with van der Waals surface area (Å²) in [6.07, 6.45) is 1.42. The Bertz CT molecular complexity index is 1310. The molecule has 5 rings (SSSR count). The number of ether oxygens (including phenoxy) is 2. The molecule has 3 amide bonds. The smallest absolute Gasteiger partial charge is 0.325 e. The summed E-state index contributed by atoms with van der Waals surface area (Å²) in [5, 5.41) is 19.9. The molecule has 3 aliphatic rings. The summed E-state index contributed by atoms with van der Waals surface area (Å²) in [5.74, 6) is 1.25. The highest BCUT2D eigenvalue weighted by Gasteiger charge is 2.56. The van der Waals surface area contributed by atoms with Crippen LogP contribution in [0.15, 0.2) is 42.1 Å². The predicted octanol–water partition coefficient (Wildman–Crippen LogP) is 3.54. The van der Waals surface area contributed by atoms with Gasteiger partial charge in [-0.2, -0.15) is 0 Å². The topological polar surface area (TPSA) is 103 Å². The maximum Gasteiger partial charge on any atom is 0.325 e. The summed E-state index contributed by atoms with van der Waals surface area (Å²) in [5.41, 5.74) is 4.74. The molecular weight excluding hydrogens is 498 g/mol. The zero-order valence-electron chi connectivity index (χ0n) is 23.2. The SMILES string of the molecule is COc1cc2c(c(OC)c1)C(C)C=C1N(C2)C(=O)N(CC(O)O)C12CCN(C(=O)c1cc(C)cc(C)c1)CC2. The quantitative estimate of drug-likeness (QED) is 0.568. The van der Waals surface area contributed by atoms with Crippen LogP contribution in [0.3, 0.4) is 0 Å². The Balaban J connectivity index is 1.51. The van der Waals surface area contributed by atoms with Crippen LogP contribution in [0.2, 0.25) is 0 Å². The average molecular weight is 536 g/mol. The second kappa shape index (κ2) is 10.2. The number of hydrogen-bond acceptors (Lipinski definition) is 6. The highest BCUT2D eigenvalue weighted by atomic mass is 16.5. The number of urea groups is 1. The van der Waals surface area contributed by atoms with Gasteiger partial charge in [-0.15, -0.1) is 0 Å². The van der Waals surface area contributed by atoms with Gasteiger partial charge in [0.25, 0.3) is 5.91 Å². The number of methoxy groups -OCH3 is 2. The number of aliphatic hydroxyl groups excluding tert-OH is 1. The van der Waals surface area contributed by atoms with Crippen LogP contribution in [-0.4, -0.2) is 82.5 Å². The summed E-state index contributed by atoms with van der Waals surface area (Å²) >= 11 is 0. The molecule has 9 heteroatoms. The third kappa shape index (κ3) is 4.63. The van der Waals surface area contributed by atoms with E-state index in [4.69, 9.17) is 9.47 Å². The Morgan fingerprint density at radius 1 is 1.05 bits per heavy atom. The first-order valence-electron chi connectivity index (χ1n) is 13.4. The van der Waals surface area contributed by atoms with Crippen molar-refractivity contribution in [1.82, 2.24) is 14.7 Å². The van der Waals surface area contributed by atoms with E-state index >= 15 is 0 Å². The van der Waals surface area contributed by atoms with Crippen molar-refractivity contribution < 1.29 is 29.3 Å². The number of likely N-dealkylation sites (tertiary alicyclic amines) is 1. The van der Waals surface area contributed by atoms with E-state index in [0.29, 0.717) is 49.5 Å². The van der Waals surface area contributed by atoms with Crippen LogP contribution in [0, 0.1) is 13.8 Å². The molecule has 2 aromatic carbocycles. The van der Waals surface area contributed by atoms with Gasteiger partial charge in [0.05, 0.1) is 32.8 Å². The normalized spacial score (nSPS) is 20.1. The minimum Gasteiger partial charge on any atom is -0.497 e. The summed E-state index contributed by atoms with van der Waals surface area (Å²) in [6.45, 7) is 7.03. The molecule has 0 radical (unpaired) electrons. The van der Waals surface area contributed by atoms with Gasteiger partial charge >= 0.3 is 6.03 Å². The van der Waals surface area contributed by atoms with Gasteiger partial charge in [0.2, 0.25) is 0 Å². The lowest BCUT2D eigenvalue weighted by Crippen LogP contribution is -2.56. The van der Waals surface area contributed by atoms with E-state index in [0.717, 1.165) is 28.0 Å². The summed E-state index contributed by atoms with van der Waals surface area (Å²) in [7, 11) is 3.22. The van der Waals surface area contributed by atoms with Crippen molar-refractivity contribution in [2.24, 2.45) is 0 Å². The predicted molar refractivity (Wildman–Crippen MR) is 146 cm³/mol. The Morgan fingerprint density at radius 2 is 1.72 bits per heavy atom. The molecule has 0 aromatic heterocycles. The summed E-state index contributed by atoms with van der Waals surface area (Å²) in [6, 6.07) is 9.37. The van der Waals surface area contributed by atoms with Crippen molar-refractivity contribution >= 4 is 11.9 Å². The van der Waals surface area contributed by atoms with Crippen molar-refractivity contribution in [1.29, 1.82) is 0 Å². The van der Waals surface area contributed by atoms with Crippen molar-refractivity contribution in [3.63, 3.8) is 0 Å². The van der Waals surface area contributed by atoms with Gasteiger partial charge in [-0.1, -0.05) is 30.2 Å². The largest absolute Gasteiger partial charge is 0.497 e. The van der Waals surface area contributed by atoms with Crippen molar-refractivity contribution in [3.05, 3.63) is 69.9 Å². The highest BCUT2D eigenvalue weighted by molar-refractivity contribution is 5.95. The number of amides is 3. The second-order valence-corrected chi connectivity index (χ2v) is 10.9. The number of carbonyl (C=O) groups excluding carboxylic acids is 2. The molecule has 1 atom stereocenters. The van der Waals surface area contributed by atoms with E-state index in [-0.39, 0.29) is 24.4 Å². The van der Waals surface area contributed by atoms with Crippen LogP contribution < -0.4 is 9.47 Å². The first-order chi connectivity index (χ1) is 18.6. The van der Waals surface area contributed by atoms with Crippen LogP contribution in [-0.2, 0) is 6.54 Å². The number of piperidine rings is 1. The lowest BCUT2D eigenvalue weighted by atomic mass is 9.81. The number of aryl methyl sites for hydroxylation is 2. The van der Waals surface area contributed by atoms with Gasteiger partial charge in [-0.05, 0) is 50.5 Å². The maximum atomic E-state index is 13.9. The van der Waals surface area contributed by atoms with E-state index in [1.807, 2.05) is 49.1 Å². The van der Waals surface area contributed by atoms with Crippen LogP contribution in [0.5, 0.6) is 11.5 Å². The zero-order chi connectivity index (χ0) is 28.1. The number of nitrogens with zero attached hydrogens (tertiary/aromatic N) is 3. The number of β-amino-alcohol motifs (C(OH)–C–C–N with tert-alkyl or cyclic N) is 2. The minimum atomic E-state index is -1.67. The van der Waals surface area contributed by atoms with Crippen molar-refractivity contribution in [2.75, 3.05) is 33.9 Å². The van der Waals surface area contributed by atoms with E-state index < -0.39 is 11.8 Å². The fourth-order valence-electron chi connectivity index (χ4n) is 6.60. The average Bonchev–Trinajstić information content (AvgIpc) is 3.01. The molecule has 0 saturated carbocycles. The van der Waals surface area contributed by atoms with Crippen LogP contribution >= 0.6 is 0 Å². The van der Waals surface area contributed by atoms with E-state index in [9.17, 15) is 19.8 Å². The number of carbonyl (C=O) groups is 2. The lowest BCUT2D eigenvalue weighted by molar-refractivity contribution is -0.0675. The standard InChI is InChI=1S/C30H37N3O6/c1-18-10-19(2)12-21(11-18)28(36)31-8-6-30(7-9-31)25-13-20(3)27-22(14-23(38-4)15-24(27)39-5)16-32(25)29(37)33(30)17-26(34)35/h10-15,20,26,34-35H,6-9,16-17H2,1-5H3. The first kappa shape index (κ1) is 27.0. The molecule has 2 aromatic rings. The Morgan fingerprint density at radius 3 is 2.31 bits per heavy atom. The molecule has 0 bridgehead atoms. The second-order valence-electron chi connectivity index (χ2n) is 10.9. The van der Waals surface area contributed by atoms with E-state index in [2.05, 4.69) is 13.0 Å². The van der Waals surface area contributed by atoms with Gasteiger partial charge in [-0.25, -0.2) is 4.79 Å². The number of benzene rings is 2. The number of rotatable bonds is 5. The molecule has 1 spiro atoms. The van der Waals surface area contributed by atoms with Gasteiger partial charge in [0.15, 0.2) is 6.29 Å². The van der Waals surface area contributed by atoms with E-state index in [1.54, 1.807) is 24.0 Å². The molecule has 2 saturated heterocycles. The monoisotopic (exact) mass is 535 g/mol. The Hall–Kier alpha value is -3.56. The fourth-order valence-corrected chi connectivity index (χ4v) is 6.60. The Kier molecular flexibility index (Phi) is 7.07. The summed E-state index contributed by atoms with van der Waals surface area (Å²) < 4.78 is 11.2. The summed E-state index contributed by atoms with van der Waals surface area (Å²) in [4.78, 5) is 32.5. The lowest BCUT2D eigenvalue weighted by Gasteiger charge is -2.44. The van der Waals surface area contributed by atoms with Crippen molar-refractivity contribution in [2.45, 2.75) is 57.9 Å². The molecule has 3 heterocycles. The molecule has 208 valence electrons. The van der Waals surface area contributed by atoms with Crippen LogP contribution in [0.25, 0.3) is 0 Å². The van der Waals surface area contributed by atoms with Crippen LogP contribution in [0.1, 0.15) is 58.3 Å². The fraction of sp³-hybridized carbons (Fsp3) is 0.467. The highest BCUT2D eigenvalue weighted by Crippen LogP contribution is 2.49. The number of hydrogen-bond donors (Lipinski definition) is 2. The molecular formula is C30H37N3O6. The molecule has 3 aliphatic heterocycles. The van der Waals surface area contributed by atoms with Gasteiger partial charge < -0.3 is 29.5 Å². The number of allylic oxidation sites excluding steroid dienone is 1. The van der Waals surface area contributed by atoms with Crippen molar-refractivity contribution in [3.8, 4) is 11.5 Å². The Labute approximate surface area is 229 Å².